The maximum Gasteiger partial charge on any atom is 0.0379 e. The van der Waals surface area contributed by atoms with Crippen molar-refractivity contribution in [3.05, 3.63) is 27.2 Å². The second-order valence-electron chi connectivity index (χ2n) is 3.34. The van der Waals surface area contributed by atoms with Crippen LogP contribution in [0.5, 0.6) is 0 Å². The summed E-state index contributed by atoms with van der Waals surface area (Å²) in [6.45, 7) is 5.41. The summed E-state index contributed by atoms with van der Waals surface area (Å²) in [5.41, 5.74) is 5.52. The minimum atomic E-state index is 1.09. The van der Waals surface area contributed by atoms with E-state index in [0.29, 0.717) is 0 Å². The lowest BCUT2D eigenvalue weighted by molar-refractivity contribution is 1.09. The fourth-order valence-electron chi connectivity index (χ4n) is 1.80. The molecule has 1 nitrogen and oxygen atoms in total. The van der Waals surface area contributed by atoms with Gasteiger partial charge in [0.05, 0.1) is 0 Å². The highest BCUT2D eigenvalue weighted by Gasteiger charge is 2.15. The number of rotatable bonds is 0. The summed E-state index contributed by atoms with van der Waals surface area (Å²) >= 11 is 3.60. The van der Waals surface area contributed by atoms with Crippen LogP contribution in [0.4, 0.5) is 5.69 Å². The quantitative estimate of drug-likeness (QED) is 0.716. The smallest absolute Gasteiger partial charge is 0.0379 e. The lowest BCUT2D eigenvalue weighted by Gasteiger charge is -2.08. The standard InChI is InChI=1S/C10H12BrN/c1-6-5-9-8(3-4-12-9)7(2)10(6)11/h5,12H,3-4H2,1-2H3. The van der Waals surface area contributed by atoms with Gasteiger partial charge in [-0.05, 0) is 43.0 Å². The van der Waals surface area contributed by atoms with E-state index in [2.05, 4.69) is 41.2 Å². The van der Waals surface area contributed by atoms with Crippen molar-refractivity contribution >= 4 is 21.6 Å². The van der Waals surface area contributed by atoms with E-state index in [-0.39, 0.29) is 0 Å². The summed E-state index contributed by atoms with van der Waals surface area (Å²) in [6.07, 6.45) is 1.17. The normalized spacial score (nSPS) is 14.2. The van der Waals surface area contributed by atoms with Gasteiger partial charge < -0.3 is 5.32 Å². The van der Waals surface area contributed by atoms with Gasteiger partial charge in [-0.3, -0.25) is 0 Å². The van der Waals surface area contributed by atoms with Gasteiger partial charge in [0.15, 0.2) is 0 Å². The summed E-state index contributed by atoms with van der Waals surface area (Å²) in [5.74, 6) is 0. The molecular weight excluding hydrogens is 214 g/mol. The van der Waals surface area contributed by atoms with Crippen molar-refractivity contribution in [2.75, 3.05) is 11.9 Å². The summed E-state index contributed by atoms with van der Waals surface area (Å²) < 4.78 is 1.27. The third kappa shape index (κ3) is 1.06. The van der Waals surface area contributed by atoms with Crippen molar-refractivity contribution in [2.24, 2.45) is 0 Å². The number of nitrogens with one attached hydrogen (secondary N) is 1. The molecule has 0 amide bonds. The molecule has 0 aromatic heterocycles. The lowest BCUT2D eigenvalue weighted by Crippen LogP contribution is -1.91. The van der Waals surface area contributed by atoms with Crippen LogP contribution in [0.3, 0.4) is 0 Å². The fourth-order valence-corrected chi connectivity index (χ4v) is 2.15. The van der Waals surface area contributed by atoms with Crippen molar-refractivity contribution in [3.63, 3.8) is 0 Å². The van der Waals surface area contributed by atoms with E-state index in [0.717, 1.165) is 6.54 Å². The Labute approximate surface area is 81.3 Å². The van der Waals surface area contributed by atoms with E-state index in [1.54, 1.807) is 0 Å². The molecular formula is C10H12BrN. The topological polar surface area (TPSA) is 12.0 Å². The van der Waals surface area contributed by atoms with E-state index in [9.17, 15) is 0 Å². The number of benzene rings is 1. The minimum absolute atomic E-state index is 1.09. The van der Waals surface area contributed by atoms with E-state index < -0.39 is 0 Å². The predicted molar refractivity (Wildman–Crippen MR) is 55.8 cm³/mol. The molecule has 0 saturated heterocycles. The molecule has 2 heteroatoms. The first kappa shape index (κ1) is 8.11. The Morgan fingerprint density at radius 2 is 2.17 bits per heavy atom. The Morgan fingerprint density at radius 1 is 1.42 bits per heavy atom. The van der Waals surface area contributed by atoms with E-state index in [1.165, 1.54) is 33.3 Å². The van der Waals surface area contributed by atoms with Gasteiger partial charge in [0, 0.05) is 16.7 Å². The van der Waals surface area contributed by atoms with Crippen LogP contribution in [0, 0.1) is 13.8 Å². The summed E-state index contributed by atoms with van der Waals surface area (Å²) in [6, 6.07) is 2.22. The summed E-state index contributed by atoms with van der Waals surface area (Å²) in [4.78, 5) is 0. The average molecular weight is 226 g/mol. The SMILES string of the molecule is Cc1cc2c(c(C)c1Br)CCN2. The van der Waals surface area contributed by atoms with E-state index in [1.807, 2.05) is 0 Å². The number of aryl methyl sites for hydroxylation is 1. The molecule has 12 heavy (non-hydrogen) atoms. The van der Waals surface area contributed by atoms with Gasteiger partial charge in [-0.15, -0.1) is 0 Å². The fraction of sp³-hybridized carbons (Fsp3) is 0.400. The number of fused-ring (bicyclic) bond motifs is 1. The van der Waals surface area contributed by atoms with Crippen molar-refractivity contribution < 1.29 is 0 Å². The molecule has 64 valence electrons. The minimum Gasteiger partial charge on any atom is -0.384 e. The van der Waals surface area contributed by atoms with Gasteiger partial charge in [-0.1, -0.05) is 15.9 Å². The lowest BCUT2D eigenvalue weighted by atomic mass is 10.0. The Balaban J connectivity index is 2.67. The molecule has 1 aromatic carbocycles. The van der Waals surface area contributed by atoms with Crippen LogP contribution in [0.2, 0.25) is 0 Å². The molecule has 0 saturated carbocycles. The number of halogens is 1. The average Bonchev–Trinajstić information content (AvgIpc) is 2.48. The van der Waals surface area contributed by atoms with Gasteiger partial charge in [0.25, 0.3) is 0 Å². The number of anilines is 1. The van der Waals surface area contributed by atoms with Gasteiger partial charge in [-0.25, -0.2) is 0 Å². The van der Waals surface area contributed by atoms with Gasteiger partial charge >= 0.3 is 0 Å². The summed E-state index contributed by atoms with van der Waals surface area (Å²) in [5, 5.41) is 3.39. The van der Waals surface area contributed by atoms with Crippen LogP contribution in [0.25, 0.3) is 0 Å². The maximum atomic E-state index is 3.60. The Morgan fingerprint density at radius 3 is 2.92 bits per heavy atom. The van der Waals surface area contributed by atoms with Crippen LogP contribution in [0.1, 0.15) is 16.7 Å². The van der Waals surface area contributed by atoms with Gasteiger partial charge in [0.1, 0.15) is 0 Å². The van der Waals surface area contributed by atoms with Crippen LogP contribution in [-0.4, -0.2) is 6.54 Å². The molecule has 0 unspecified atom stereocenters. The molecule has 0 bridgehead atoms. The van der Waals surface area contributed by atoms with Crippen molar-refractivity contribution in [1.29, 1.82) is 0 Å². The number of hydrogen-bond donors (Lipinski definition) is 1. The zero-order valence-electron chi connectivity index (χ0n) is 7.37. The zero-order chi connectivity index (χ0) is 8.72. The molecule has 1 aliphatic rings. The Kier molecular flexibility index (Phi) is 1.87. The van der Waals surface area contributed by atoms with Crippen molar-refractivity contribution in [2.45, 2.75) is 20.3 Å². The van der Waals surface area contributed by atoms with Crippen LogP contribution in [-0.2, 0) is 6.42 Å². The van der Waals surface area contributed by atoms with Crippen LogP contribution < -0.4 is 5.32 Å². The first-order chi connectivity index (χ1) is 5.70. The largest absolute Gasteiger partial charge is 0.384 e. The molecule has 1 heterocycles. The Bertz CT molecular complexity index is 331. The molecule has 0 atom stereocenters. The number of hydrogen-bond acceptors (Lipinski definition) is 1. The molecule has 0 radical (unpaired) electrons. The molecule has 0 spiro atoms. The second kappa shape index (κ2) is 2.77. The zero-order valence-corrected chi connectivity index (χ0v) is 8.96. The first-order valence-corrected chi connectivity index (χ1v) is 5.02. The first-order valence-electron chi connectivity index (χ1n) is 4.22. The molecule has 2 rings (SSSR count). The van der Waals surface area contributed by atoms with Crippen LogP contribution >= 0.6 is 15.9 Å². The van der Waals surface area contributed by atoms with Crippen molar-refractivity contribution in [1.82, 2.24) is 0 Å². The summed E-state index contributed by atoms with van der Waals surface area (Å²) in [7, 11) is 0. The highest BCUT2D eigenvalue weighted by molar-refractivity contribution is 9.10. The third-order valence-corrected chi connectivity index (χ3v) is 3.72. The highest BCUT2D eigenvalue weighted by atomic mass is 79.9. The third-order valence-electron chi connectivity index (χ3n) is 2.50. The van der Waals surface area contributed by atoms with Crippen molar-refractivity contribution in [3.8, 4) is 0 Å². The monoisotopic (exact) mass is 225 g/mol. The van der Waals surface area contributed by atoms with E-state index >= 15 is 0 Å². The van der Waals surface area contributed by atoms with Crippen LogP contribution in [0.15, 0.2) is 10.5 Å². The highest BCUT2D eigenvalue weighted by Crippen LogP contribution is 2.33. The molecule has 1 aromatic rings. The second-order valence-corrected chi connectivity index (χ2v) is 4.13. The van der Waals surface area contributed by atoms with Gasteiger partial charge in [0.2, 0.25) is 0 Å². The molecule has 1 aliphatic heterocycles. The molecule has 1 N–H and O–H groups in total. The predicted octanol–water partition coefficient (Wildman–Crippen LogP) is 3.03. The molecule has 0 aliphatic carbocycles. The molecule has 0 fully saturated rings. The maximum absolute atomic E-state index is 3.60. The Hall–Kier alpha value is -0.500. The van der Waals surface area contributed by atoms with E-state index in [4.69, 9.17) is 0 Å². The van der Waals surface area contributed by atoms with Gasteiger partial charge in [-0.2, -0.15) is 0 Å².